The molecule has 0 bridgehead atoms. The van der Waals surface area contributed by atoms with Crippen LogP contribution in [0.3, 0.4) is 0 Å². The van der Waals surface area contributed by atoms with Gasteiger partial charge in [-0.25, -0.2) is 4.79 Å². The number of hydrogen-bond acceptors (Lipinski definition) is 4. The average molecular weight is 439 g/mol. The van der Waals surface area contributed by atoms with Gasteiger partial charge in [0.15, 0.2) is 0 Å². The van der Waals surface area contributed by atoms with Crippen molar-refractivity contribution in [3.63, 3.8) is 0 Å². The molecule has 5 nitrogen and oxygen atoms in total. The fourth-order valence-electron chi connectivity index (χ4n) is 2.53. The fourth-order valence-corrected chi connectivity index (χ4v) is 2.53. The van der Waals surface area contributed by atoms with Gasteiger partial charge in [0.2, 0.25) is 0 Å². The third kappa shape index (κ3) is 21.8. The highest BCUT2D eigenvalue weighted by atomic mass is 19.2. The summed E-state index contributed by atoms with van der Waals surface area (Å²) in [6.45, 7) is 23.8. The monoisotopic (exact) mass is 438 g/mol. The van der Waals surface area contributed by atoms with Crippen molar-refractivity contribution in [2.45, 2.75) is 108 Å². The number of nitrogens with one attached hydrogen (secondary N) is 1. The van der Waals surface area contributed by atoms with Crippen molar-refractivity contribution in [2.24, 2.45) is 11.3 Å². The second kappa shape index (κ2) is 21.4. The summed E-state index contributed by atoms with van der Waals surface area (Å²) in [5.74, 6) is 0.833. The standard InChI is InChI=1S/C13H23NO3.C4H10.C3H8.C2H6.CH4FN.CH4/c1-12(2,3)17-11(15)14-7-4-13(5-8-14)6-9-16-10-13;1-4(2)3;1-3-2;1-2;1-3-2;/h4-10H2,1-3H3;4H,1-3H3;3H2,1-2H3;1-2H3;3H,1H3;1H4. The van der Waals surface area contributed by atoms with Crippen LogP contribution in [0.25, 0.3) is 0 Å². The second-order valence-electron chi connectivity index (χ2n) is 8.90. The predicted octanol–water partition coefficient (Wildman–Crippen LogP) is 7.26. The van der Waals surface area contributed by atoms with Gasteiger partial charge in [0, 0.05) is 26.7 Å². The number of ether oxygens (including phenoxy) is 2. The minimum Gasteiger partial charge on any atom is -0.444 e. The molecule has 0 aromatic rings. The molecule has 0 aliphatic carbocycles. The highest BCUT2D eigenvalue weighted by Crippen LogP contribution is 2.39. The van der Waals surface area contributed by atoms with Crippen molar-refractivity contribution >= 4 is 6.09 Å². The number of carbonyl (C=O) groups is 1. The summed E-state index contributed by atoms with van der Waals surface area (Å²) >= 11 is 0. The van der Waals surface area contributed by atoms with Gasteiger partial charge in [0.05, 0.1) is 6.61 Å². The van der Waals surface area contributed by atoms with E-state index >= 15 is 0 Å². The van der Waals surface area contributed by atoms with E-state index in [1.54, 1.807) is 0 Å². The van der Waals surface area contributed by atoms with E-state index in [0.29, 0.717) is 5.41 Å². The van der Waals surface area contributed by atoms with E-state index in [0.717, 1.165) is 51.5 Å². The van der Waals surface area contributed by atoms with E-state index in [2.05, 4.69) is 34.6 Å². The van der Waals surface area contributed by atoms with Crippen LogP contribution in [0.4, 0.5) is 9.28 Å². The molecule has 2 aliphatic heterocycles. The molecule has 2 heterocycles. The van der Waals surface area contributed by atoms with Gasteiger partial charge in [-0.2, -0.15) is 5.54 Å². The first-order valence-corrected chi connectivity index (χ1v) is 11.3. The summed E-state index contributed by atoms with van der Waals surface area (Å²) in [6.07, 6.45) is 4.32. The molecule has 1 N–H and O–H groups in total. The molecule has 0 saturated carbocycles. The van der Waals surface area contributed by atoms with Gasteiger partial charge in [-0.15, -0.1) is 4.48 Å². The molecule has 0 atom stereocenters. The third-order valence-electron chi connectivity index (χ3n) is 3.66. The number of rotatable bonds is 0. The lowest BCUT2D eigenvalue weighted by atomic mass is 9.78. The lowest BCUT2D eigenvalue weighted by Gasteiger charge is -2.38. The molecule has 1 amide bonds. The Morgan fingerprint density at radius 3 is 1.77 bits per heavy atom. The number of piperidine rings is 1. The Hall–Kier alpha value is -0.880. The van der Waals surface area contributed by atoms with Gasteiger partial charge in [0.25, 0.3) is 0 Å². The van der Waals surface area contributed by atoms with Crippen LogP contribution in [0.5, 0.6) is 0 Å². The van der Waals surface area contributed by atoms with E-state index < -0.39 is 5.60 Å². The molecule has 0 aromatic carbocycles. The minimum absolute atomic E-state index is 0. The van der Waals surface area contributed by atoms with Crippen LogP contribution in [-0.4, -0.2) is 49.9 Å². The quantitative estimate of drug-likeness (QED) is 0.404. The number of carbonyl (C=O) groups excluding carboxylic acids is 1. The summed E-state index contributed by atoms with van der Waals surface area (Å²) < 4.78 is 20.9. The Bertz CT molecular complexity index is 351. The van der Waals surface area contributed by atoms with Crippen LogP contribution in [0.1, 0.15) is 102 Å². The highest BCUT2D eigenvalue weighted by Gasteiger charge is 2.39. The number of amides is 1. The molecular formula is C24H55FN2O3. The van der Waals surface area contributed by atoms with Gasteiger partial charge in [0.1, 0.15) is 5.60 Å². The molecule has 1 spiro atoms. The zero-order chi connectivity index (χ0) is 23.5. The molecule has 30 heavy (non-hydrogen) atoms. The molecule has 186 valence electrons. The summed E-state index contributed by atoms with van der Waals surface area (Å²) in [5.41, 5.74) is 1.20. The van der Waals surface area contributed by atoms with Crippen molar-refractivity contribution < 1.29 is 18.7 Å². The van der Waals surface area contributed by atoms with Gasteiger partial charge in [-0.1, -0.05) is 62.3 Å². The zero-order valence-corrected chi connectivity index (χ0v) is 21.3. The summed E-state index contributed by atoms with van der Waals surface area (Å²) in [7, 11) is 1.21. The van der Waals surface area contributed by atoms with E-state index in [-0.39, 0.29) is 13.5 Å². The molecular weight excluding hydrogens is 383 g/mol. The Kier molecular flexibility index (Phi) is 26.0. The molecule has 2 fully saturated rings. The maximum absolute atomic E-state index is 11.9. The zero-order valence-electron chi connectivity index (χ0n) is 21.3. The maximum Gasteiger partial charge on any atom is 0.410 e. The Morgan fingerprint density at radius 2 is 1.50 bits per heavy atom. The van der Waals surface area contributed by atoms with Crippen molar-refractivity contribution in [1.82, 2.24) is 10.4 Å². The van der Waals surface area contributed by atoms with E-state index in [4.69, 9.17) is 9.47 Å². The Labute approximate surface area is 188 Å². The van der Waals surface area contributed by atoms with E-state index in [9.17, 15) is 9.28 Å². The number of nitrogens with zero attached hydrogens (tertiary/aromatic N) is 1. The van der Waals surface area contributed by atoms with Gasteiger partial charge < -0.3 is 14.4 Å². The SMILES string of the molecule is C.CC.CC(C)(C)OC(=O)N1CCC2(CCOC2)CC1.CC(C)C.CCC.CNF. The first-order chi connectivity index (χ1) is 13.5. The van der Waals surface area contributed by atoms with Gasteiger partial charge >= 0.3 is 6.09 Å². The van der Waals surface area contributed by atoms with Crippen LogP contribution >= 0.6 is 0 Å². The van der Waals surface area contributed by atoms with E-state index in [1.165, 1.54) is 19.0 Å². The average Bonchev–Trinajstić information content (AvgIpc) is 3.05. The van der Waals surface area contributed by atoms with Crippen LogP contribution in [0, 0.1) is 11.3 Å². The predicted molar refractivity (Wildman–Crippen MR) is 130 cm³/mol. The summed E-state index contributed by atoms with van der Waals surface area (Å²) in [6, 6.07) is 0. The normalized spacial score (nSPS) is 16.2. The van der Waals surface area contributed by atoms with Crippen molar-refractivity contribution in [3.05, 3.63) is 0 Å². The Balaban J connectivity index is -0.000000219. The molecule has 0 aromatic heterocycles. The highest BCUT2D eigenvalue weighted by molar-refractivity contribution is 5.68. The number of likely N-dealkylation sites (tertiary alicyclic amines) is 1. The summed E-state index contributed by atoms with van der Waals surface area (Å²) in [4.78, 5) is 13.7. The topological polar surface area (TPSA) is 50.8 Å². The lowest BCUT2D eigenvalue weighted by molar-refractivity contribution is 0.00846. The Morgan fingerprint density at radius 1 is 1.13 bits per heavy atom. The molecule has 0 radical (unpaired) electrons. The molecule has 2 saturated heterocycles. The molecule has 2 rings (SSSR count). The van der Waals surface area contributed by atoms with E-state index in [1.807, 2.05) is 39.5 Å². The maximum atomic E-state index is 11.9. The van der Waals surface area contributed by atoms with Crippen LogP contribution in [0.15, 0.2) is 0 Å². The largest absolute Gasteiger partial charge is 0.444 e. The molecule has 2 aliphatic rings. The van der Waals surface area contributed by atoms with Gasteiger partial charge in [-0.05, 0) is 51.4 Å². The van der Waals surface area contributed by atoms with Crippen LogP contribution in [0.2, 0.25) is 0 Å². The van der Waals surface area contributed by atoms with Gasteiger partial charge in [-0.3, -0.25) is 0 Å². The number of hydrogen-bond donors (Lipinski definition) is 1. The van der Waals surface area contributed by atoms with Crippen LogP contribution < -0.4 is 5.54 Å². The first kappa shape index (κ1) is 36.5. The van der Waals surface area contributed by atoms with Crippen molar-refractivity contribution in [3.8, 4) is 0 Å². The van der Waals surface area contributed by atoms with Crippen molar-refractivity contribution in [1.29, 1.82) is 0 Å². The van der Waals surface area contributed by atoms with Crippen molar-refractivity contribution in [2.75, 3.05) is 33.4 Å². The van der Waals surface area contributed by atoms with Crippen LogP contribution in [-0.2, 0) is 9.47 Å². The minimum atomic E-state index is -0.400. The third-order valence-corrected chi connectivity index (χ3v) is 3.66. The fraction of sp³-hybridized carbons (Fsp3) is 0.958. The summed E-state index contributed by atoms with van der Waals surface area (Å²) in [5, 5.41) is 0. The smallest absolute Gasteiger partial charge is 0.410 e. The molecule has 6 heteroatoms. The first-order valence-electron chi connectivity index (χ1n) is 11.3. The number of halogens is 1. The lowest BCUT2D eigenvalue weighted by Crippen LogP contribution is -2.45. The second-order valence-corrected chi connectivity index (χ2v) is 8.90. The molecule has 0 unspecified atom stereocenters.